The Kier molecular flexibility index (Phi) is 4.73. The van der Waals surface area contributed by atoms with Crippen LogP contribution < -0.4 is 10.2 Å². The SMILES string of the molecule is O=C(Nc1ccc(Cl)cc1F)c1ccc(Cl)cc1N1CCCC1=O. The molecule has 0 bridgehead atoms. The average Bonchev–Trinajstić information content (AvgIpc) is 2.96. The first-order chi connectivity index (χ1) is 11.5. The summed E-state index contributed by atoms with van der Waals surface area (Å²) < 4.78 is 13.9. The number of nitrogens with zero attached hydrogens (tertiary/aromatic N) is 1. The fourth-order valence-electron chi connectivity index (χ4n) is 2.60. The molecular weight excluding hydrogens is 354 g/mol. The molecule has 2 aromatic rings. The van der Waals surface area contributed by atoms with E-state index in [-0.39, 0.29) is 22.2 Å². The first-order valence-corrected chi connectivity index (χ1v) is 8.07. The topological polar surface area (TPSA) is 49.4 Å². The van der Waals surface area contributed by atoms with Gasteiger partial charge >= 0.3 is 0 Å². The van der Waals surface area contributed by atoms with Crippen molar-refractivity contribution in [2.45, 2.75) is 12.8 Å². The number of nitrogens with one attached hydrogen (secondary N) is 1. The molecular formula is C17H13Cl2FN2O2. The van der Waals surface area contributed by atoms with Crippen LogP contribution in [0.3, 0.4) is 0 Å². The van der Waals surface area contributed by atoms with Gasteiger partial charge < -0.3 is 10.2 Å². The van der Waals surface area contributed by atoms with Crippen molar-refractivity contribution in [3.05, 3.63) is 57.8 Å². The molecule has 24 heavy (non-hydrogen) atoms. The van der Waals surface area contributed by atoms with Gasteiger partial charge in [0.15, 0.2) is 0 Å². The molecule has 1 saturated heterocycles. The molecule has 0 atom stereocenters. The van der Waals surface area contributed by atoms with Crippen LogP contribution in [0.1, 0.15) is 23.2 Å². The molecule has 1 aliphatic heterocycles. The smallest absolute Gasteiger partial charge is 0.257 e. The normalized spacial score (nSPS) is 14.1. The Bertz CT molecular complexity index is 826. The minimum atomic E-state index is -0.636. The van der Waals surface area contributed by atoms with Crippen LogP contribution >= 0.6 is 23.2 Å². The number of halogens is 3. The van der Waals surface area contributed by atoms with E-state index in [9.17, 15) is 14.0 Å². The van der Waals surface area contributed by atoms with Crippen LogP contribution in [0, 0.1) is 5.82 Å². The number of amides is 2. The van der Waals surface area contributed by atoms with E-state index in [1.807, 2.05) is 0 Å². The van der Waals surface area contributed by atoms with E-state index in [1.54, 1.807) is 12.1 Å². The quantitative estimate of drug-likeness (QED) is 0.868. The molecule has 124 valence electrons. The Balaban J connectivity index is 1.93. The zero-order valence-electron chi connectivity index (χ0n) is 12.5. The largest absolute Gasteiger partial charge is 0.319 e. The second-order valence-electron chi connectivity index (χ2n) is 5.39. The van der Waals surface area contributed by atoms with Crippen LogP contribution in [0.4, 0.5) is 15.8 Å². The minimum absolute atomic E-state index is 0.0121. The number of hydrogen-bond donors (Lipinski definition) is 1. The molecule has 3 rings (SSSR count). The van der Waals surface area contributed by atoms with Crippen molar-refractivity contribution in [3.8, 4) is 0 Å². The van der Waals surface area contributed by atoms with Gasteiger partial charge in [0.25, 0.3) is 5.91 Å². The molecule has 2 amide bonds. The predicted molar refractivity (Wildman–Crippen MR) is 92.4 cm³/mol. The number of anilines is 2. The van der Waals surface area contributed by atoms with Gasteiger partial charge in [-0.25, -0.2) is 4.39 Å². The van der Waals surface area contributed by atoms with Crippen molar-refractivity contribution < 1.29 is 14.0 Å². The molecule has 1 N–H and O–H groups in total. The standard InChI is InChI=1S/C17H13Cl2FN2O2/c18-10-4-6-14(13(20)8-10)21-17(24)12-5-3-11(19)9-15(12)22-7-1-2-16(22)23/h3-6,8-9H,1-2,7H2,(H,21,24). The fraction of sp³-hybridized carbons (Fsp3) is 0.176. The van der Waals surface area contributed by atoms with Gasteiger partial charge in [0, 0.05) is 23.0 Å². The third-order valence-electron chi connectivity index (χ3n) is 3.75. The van der Waals surface area contributed by atoms with E-state index in [2.05, 4.69) is 5.32 Å². The van der Waals surface area contributed by atoms with Crippen LogP contribution in [0.2, 0.25) is 10.0 Å². The number of benzene rings is 2. The Morgan fingerprint density at radius 2 is 1.83 bits per heavy atom. The van der Waals surface area contributed by atoms with E-state index in [1.165, 1.54) is 23.1 Å². The minimum Gasteiger partial charge on any atom is -0.319 e. The molecule has 4 nitrogen and oxygen atoms in total. The second kappa shape index (κ2) is 6.79. The van der Waals surface area contributed by atoms with Crippen molar-refractivity contribution >= 4 is 46.4 Å². The molecule has 2 aromatic carbocycles. The van der Waals surface area contributed by atoms with Gasteiger partial charge in [0.2, 0.25) is 5.91 Å². The van der Waals surface area contributed by atoms with Crippen LogP contribution in [0.5, 0.6) is 0 Å². The highest BCUT2D eigenvalue weighted by atomic mass is 35.5. The predicted octanol–water partition coefficient (Wildman–Crippen LogP) is 4.51. The van der Waals surface area contributed by atoms with Gasteiger partial charge in [-0.2, -0.15) is 0 Å². The van der Waals surface area contributed by atoms with Crippen molar-refractivity contribution in [2.75, 3.05) is 16.8 Å². The second-order valence-corrected chi connectivity index (χ2v) is 6.26. The molecule has 0 saturated carbocycles. The summed E-state index contributed by atoms with van der Waals surface area (Å²) in [5.74, 6) is -1.23. The Morgan fingerprint density at radius 3 is 2.50 bits per heavy atom. The fourth-order valence-corrected chi connectivity index (χ4v) is 2.93. The number of carbonyl (C=O) groups excluding carboxylic acids is 2. The van der Waals surface area contributed by atoms with Gasteiger partial charge in [0.1, 0.15) is 5.82 Å². The molecule has 1 fully saturated rings. The zero-order chi connectivity index (χ0) is 17.3. The molecule has 1 heterocycles. The third kappa shape index (κ3) is 3.37. The van der Waals surface area contributed by atoms with Crippen LogP contribution in [0.15, 0.2) is 36.4 Å². The van der Waals surface area contributed by atoms with E-state index in [0.717, 1.165) is 12.5 Å². The summed E-state index contributed by atoms with van der Waals surface area (Å²) in [7, 11) is 0. The molecule has 0 spiro atoms. The summed E-state index contributed by atoms with van der Waals surface area (Å²) in [4.78, 5) is 26.1. The molecule has 0 radical (unpaired) electrons. The summed E-state index contributed by atoms with van der Waals surface area (Å²) in [6.45, 7) is 0.523. The van der Waals surface area contributed by atoms with E-state index < -0.39 is 11.7 Å². The van der Waals surface area contributed by atoms with Crippen molar-refractivity contribution in [1.82, 2.24) is 0 Å². The summed E-state index contributed by atoms with van der Waals surface area (Å²) in [6.07, 6.45) is 1.15. The van der Waals surface area contributed by atoms with Crippen molar-refractivity contribution in [2.24, 2.45) is 0 Å². The van der Waals surface area contributed by atoms with E-state index in [4.69, 9.17) is 23.2 Å². The Labute approximate surface area is 148 Å². The lowest BCUT2D eigenvalue weighted by Crippen LogP contribution is -2.27. The van der Waals surface area contributed by atoms with Crippen molar-refractivity contribution in [3.63, 3.8) is 0 Å². The Hall–Kier alpha value is -2.11. The Morgan fingerprint density at radius 1 is 1.12 bits per heavy atom. The molecule has 7 heteroatoms. The van der Waals surface area contributed by atoms with Gasteiger partial charge in [-0.1, -0.05) is 23.2 Å². The van der Waals surface area contributed by atoms with E-state index >= 15 is 0 Å². The summed E-state index contributed by atoms with van der Waals surface area (Å²) in [5, 5.41) is 3.15. The maximum atomic E-state index is 13.9. The molecule has 1 aliphatic rings. The highest BCUT2D eigenvalue weighted by molar-refractivity contribution is 6.31. The van der Waals surface area contributed by atoms with Gasteiger partial charge in [-0.3, -0.25) is 9.59 Å². The molecule has 0 aliphatic carbocycles. The number of hydrogen-bond acceptors (Lipinski definition) is 2. The first-order valence-electron chi connectivity index (χ1n) is 7.32. The lowest BCUT2D eigenvalue weighted by Gasteiger charge is -2.20. The number of rotatable bonds is 3. The van der Waals surface area contributed by atoms with E-state index in [0.29, 0.717) is 23.7 Å². The van der Waals surface area contributed by atoms with Crippen LogP contribution in [0.25, 0.3) is 0 Å². The van der Waals surface area contributed by atoms with Gasteiger partial charge in [0.05, 0.1) is 16.9 Å². The zero-order valence-corrected chi connectivity index (χ0v) is 14.0. The highest BCUT2D eigenvalue weighted by Crippen LogP contribution is 2.29. The molecule has 0 unspecified atom stereocenters. The lowest BCUT2D eigenvalue weighted by molar-refractivity contribution is -0.117. The van der Waals surface area contributed by atoms with Gasteiger partial charge in [-0.05, 0) is 42.8 Å². The van der Waals surface area contributed by atoms with Crippen molar-refractivity contribution in [1.29, 1.82) is 0 Å². The van der Waals surface area contributed by atoms with Crippen LogP contribution in [-0.4, -0.2) is 18.4 Å². The third-order valence-corrected chi connectivity index (χ3v) is 4.22. The van der Waals surface area contributed by atoms with Gasteiger partial charge in [-0.15, -0.1) is 0 Å². The molecule has 0 aromatic heterocycles. The number of carbonyl (C=O) groups is 2. The maximum absolute atomic E-state index is 13.9. The lowest BCUT2D eigenvalue weighted by atomic mass is 10.1. The first kappa shape index (κ1) is 16.7. The highest BCUT2D eigenvalue weighted by Gasteiger charge is 2.26. The maximum Gasteiger partial charge on any atom is 0.257 e. The summed E-state index contributed by atoms with van der Waals surface area (Å²) >= 11 is 11.7. The van der Waals surface area contributed by atoms with Crippen LogP contribution in [-0.2, 0) is 4.79 Å². The summed E-state index contributed by atoms with van der Waals surface area (Å²) in [5.41, 5.74) is 0.693. The monoisotopic (exact) mass is 366 g/mol. The summed E-state index contributed by atoms with van der Waals surface area (Å²) in [6, 6.07) is 8.62. The average molecular weight is 367 g/mol.